The maximum absolute atomic E-state index is 13.8. The second kappa shape index (κ2) is 3.90. The third kappa shape index (κ3) is 1.94. The Morgan fingerprint density at radius 2 is 2.20 bits per heavy atom. The average molecular weight is 218 g/mol. The Kier molecular flexibility index (Phi) is 2.99. The summed E-state index contributed by atoms with van der Waals surface area (Å²) in [6.45, 7) is 0. The minimum Gasteiger partial charge on any atom is -0.504 e. The fourth-order valence-corrected chi connectivity index (χ4v) is 1.25. The van der Waals surface area contributed by atoms with Crippen molar-refractivity contribution in [1.29, 1.82) is 0 Å². The summed E-state index contributed by atoms with van der Waals surface area (Å²) in [7, 11) is 2.23. The summed E-state index contributed by atoms with van der Waals surface area (Å²) in [5, 5.41) is 18.1. The first kappa shape index (κ1) is 11.5. The van der Waals surface area contributed by atoms with E-state index >= 15 is 0 Å². The van der Waals surface area contributed by atoms with E-state index in [1.165, 1.54) is 7.11 Å². The van der Waals surface area contributed by atoms with Crippen molar-refractivity contribution in [1.82, 2.24) is 0 Å². The molecule has 0 amide bonds. The predicted molar refractivity (Wildman–Crippen MR) is 47.8 cm³/mol. The van der Waals surface area contributed by atoms with Crippen LogP contribution < -0.4 is 0 Å². The normalized spacial score (nSPS) is 26.2. The lowest BCUT2D eigenvalue weighted by atomic mass is 9.98. The molecule has 1 atom stereocenters. The van der Waals surface area contributed by atoms with Crippen LogP contribution >= 0.6 is 0 Å². The van der Waals surface area contributed by atoms with Crippen molar-refractivity contribution < 1.29 is 28.9 Å². The number of halogens is 1. The fraction of sp³-hybridized carbons (Fsp3) is 0.444. The molecular formula is C9H11FO5. The maximum atomic E-state index is 13.8. The van der Waals surface area contributed by atoms with Gasteiger partial charge in [0, 0.05) is 19.1 Å². The molecule has 0 saturated heterocycles. The molecule has 0 radical (unpaired) electrons. The van der Waals surface area contributed by atoms with E-state index in [4.69, 9.17) is 5.11 Å². The quantitative estimate of drug-likeness (QED) is 0.742. The molecule has 1 aliphatic carbocycles. The molecule has 1 aliphatic rings. The van der Waals surface area contributed by atoms with E-state index in [0.29, 0.717) is 0 Å². The molecule has 0 bridgehead atoms. The van der Waals surface area contributed by atoms with Crippen LogP contribution in [0.1, 0.15) is 6.42 Å². The van der Waals surface area contributed by atoms with Gasteiger partial charge < -0.3 is 19.7 Å². The average Bonchev–Trinajstić information content (AvgIpc) is 2.21. The van der Waals surface area contributed by atoms with Gasteiger partial charge in [0.1, 0.15) is 0 Å². The molecule has 15 heavy (non-hydrogen) atoms. The van der Waals surface area contributed by atoms with Gasteiger partial charge in [-0.25, -0.2) is 9.18 Å². The third-order valence-electron chi connectivity index (χ3n) is 2.13. The number of carbonyl (C=O) groups is 1. The van der Waals surface area contributed by atoms with E-state index in [1.54, 1.807) is 0 Å². The predicted octanol–water partition coefficient (Wildman–Crippen LogP) is 1.13. The maximum Gasteiger partial charge on any atom is 0.331 e. The van der Waals surface area contributed by atoms with Gasteiger partial charge in [0.25, 0.3) is 5.85 Å². The molecule has 0 fully saturated rings. The molecule has 0 aromatic carbocycles. The number of aliphatic hydroxyl groups is 1. The second-order valence-corrected chi connectivity index (χ2v) is 3.00. The van der Waals surface area contributed by atoms with Gasteiger partial charge in [-0.3, -0.25) is 0 Å². The standard InChI is InChI=1S/C9H11FO5/c1-14-6-3-5(8(12)13)4-9(10,15-2)7(6)11/h3,11H,4H2,1-2H3,(H,12,13). The molecule has 0 saturated carbocycles. The van der Waals surface area contributed by atoms with Gasteiger partial charge in [0.15, 0.2) is 5.76 Å². The first-order valence-electron chi connectivity index (χ1n) is 4.10. The van der Waals surface area contributed by atoms with Gasteiger partial charge in [-0.1, -0.05) is 0 Å². The van der Waals surface area contributed by atoms with Crippen molar-refractivity contribution in [3.63, 3.8) is 0 Å². The number of rotatable bonds is 3. The third-order valence-corrected chi connectivity index (χ3v) is 2.13. The lowest BCUT2D eigenvalue weighted by Crippen LogP contribution is -2.34. The summed E-state index contributed by atoms with van der Waals surface area (Å²) in [6.07, 6.45) is 0.506. The topological polar surface area (TPSA) is 76.0 Å². The van der Waals surface area contributed by atoms with Crippen molar-refractivity contribution in [2.75, 3.05) is 14.2 Å². The van der Waals surface area contributed by atoms with Crippen LogP contribution in [0.2, 0.25) is 0 Å². The fourth-order valence-electron chi connectivity index (χ4n) is 1.25. The first-order valence-corrected chi connectivity index (χ1v) is 4.10. The van der Waals surface area contributed by atoms with Gasteiger partial charge in [-0.2, -0.15) is 0 Å². The molecule has 6 heteroatoms. The highest BCUT2D eigenvalue weighted by molar-refractivity contribution is 5.87. The van der Waals surface area contributed by atoms with E-state index in [-0.39, 0.29) is 11.3 Å². The zero-order chi connectivity index (χ0) is 11.6. The summed E-state index contributed by atoms with van der Waals surface area (Å²) < 4.78 is 22.9. The van der Waals surface area contributed by atoms with E-state index in [0.717, 1.165) is 13.2 Å². The number of ether oxygens (including phenoxy) is 2. The molecule has 84 valence electrons. The van der Waals surface area contributed by atoms with Crippen LogP contribution in [0.3, 0.4) is 0 Å². The highest BCUT2D eigenvalue weighted by Crippen LogP contribution is 2.35. The Morgan fingerprint density at radius 3 is 2.60 bits per heavy atom. The van der Waals surface area contributed by atoms with Gasteiger partial charge in [-0.05, 0) is 6.08 Å². The number of carboxylic acids is 1. The minimum absolute atomic E-state index is 0.228. The molecule has 0 aromatic heterocycles. The van der Waals surface area contributed by atoms with Crippen LogP contribution in [0.5, 0.6) is 0 Å². The molecule has 1 unspecified atom stereocenters. The second-order valence-electron chi connectivity index (χ2n) is 3.00. The number of aliphatic carboxylic acids is 1. The van der Waals surface area contributed by atoms with Crippen LogP contribution in [0.15, 0.2) is 23.2 Å². The summed E-state index contributed by atoms with van der Waals surface area (Å²) in [6, 6.07) is 0. The largest absolute Gasteiger partial charge is 0.504 e. The lowest BCUT2D eigenvalue weighted by molar-refractivity contribution is -0.139. The molecule has 0 aromatic rings. The number of alkyl halides is 1. The van der Waals surface area contributed by atoms with Crippen LogP contribution in [-0.2, 0) is 14.3 Å². The summed E-state index contributed by atoms with van der Waals surface area (Å²) >= 11 is 0. The smallest absolute Gasteiger partial charge is 0.331 e. The Balaban J connectivity index is 3.19. The Labute approximate surface area is 85.4 Å². The van der Waals surface area contributed by atoms with E-state index in [9.17, 15) is 14.3 Å². The molecule has 1 rings (SSSR count). The summed E-state index contributed by atoms with van der Waals surface area (Å²) in [5.74, 6) is -4.81. The highest BCUT2D eigenvalue weighted by atomic mass is 19.2. The van der Waals surface area contributed by atoms with Gasteiger partial charge in [-0.15, -0.1) is 0 Å². The van der Waals surface area contributed by atoms with E-state index < -0.39 is 24.0 Å². The number of carboxylic acid groups (broad SMARTS) is 1. The highest BCUT2D eigenvalue weighted by Gasteiger charge is 2.43. The molecule has 2 N–H and O–H groups in total. The number of allylic oxidation sites excluding steroid dienone is 1. The van der Waals surface area contributed by atoms with E-state index in [2.05, 4.69) is 9.47 Å². The van der Waals surface area contributed by atoms with Crippen molar-refractivity contribution >= 4 is 5.97 Å². The number of methoxy groups -OCH3 is 2. The number of hydrogen-bond donors (Lipinski definition) is 2. The Morgan fingerprint density at radius 1 is 1.60 bits per heavy atom. The van der Waals surface area contributed by atoms with Gasteiger partial charge in [0.05, 0.1) is 7.11 Å². The number of hydrogen-bond acceptors (Lipinski definition) is 4. The SMILES string of the molecule is COC1=C(O)C(F)(OC)CC(C(=O)O)=C1. The molecule has 0 aliphatic heterocycles. The number of aliphatic hydroxyl groups excluding tert-OH is 1. The molecule has 0 spiro atoms. The zero-order valence-electron chi connectivity index (χ0n) is 8.28. The zero-order valence-corrected chi connectivity index (χ0v) is 8.28. The van der Waals surface area contributed by atoms with Crippen molar-refractivity contribution in [2.45, 2.75) is 12.3 Å². The van der Waals surface area contributed by atoms with Gasteiger partial charge in [0.2, 0.25) is 5.76 Å². The summed E-state index contributed by atoms with van der Waals surface area (Å²) in [4.78, 5) is 10.7. The minimum atomic E-state index is -2.53. The lowest BCUT2D eigenvalue weighted by Gasteiger charge is -2.27. The van der Waals surface area contributed by atoms with E-state index in [1.807, 2.05) is 0 Å². The van der Waals surface area contributed by atoms with Gasteiger partial charge >= 0.3 is 5.97 Å². The van der Waals surface area contributed by atoms with Crippen molar-refractivity contribution in [3.8, 4) is 0 Å². The monoisotopic (exact) mass is 218 g/mol. The van der Waals surface area contributed by atoms with Crippen molar-refractivity contribution in [2.24, 2.45) is 0 Å². The summed E-state index contributed by atoms with van der Waals surface area (Å²) in [5.41, 5.74) is -0.228. The molecule has 5 nitrogen and oxygen atoms in total. The van der Waals surface area contributed by atoms with Crippen LogP contribution in [0, 0.1) is 0 Å². The molecule has 0 heterocycles. The van der Waals surface area contributed by atoms with Crippen LogP contribution in [-0.4, -0.2) is 36.3 Å². The Bertz CT molecular complexity index is 346. The van der Waals surface area contributed by atoms with Crippen LogP contribution in [0.4, 0.5) is 4.39 Å². The van der Waals surface area contributed by atoms with Crippen LogP contribution in [0.25, 0.3) is 0 Å². The molecular weight excluding hydrogens is 207 g/mol. The Hall–Kier alpha value is -1.56. The van der Waals surface area contributed by atoms with Crippen molar-refractivity contribution in [3.05, 3.63) is 23.2 Å². The first-order chi connectivity index (χ1) is 6.94.